The minimum absolute atomic E-state index is 0.415. The van der Waals surface area contributed by atoms with E-state index in [0.29, 0.717) is 0 Å². The second-order valence-electron chi connectivity index (χ2n) is 6.10. The molecule has 2 N–H and O–H groups in total. The zero-order chi connectivity index (χ0) is 15.3. The van der Waals surface area contributed by atoms with Crippen molar-refractivity contribution in [2.24, 2.45) is 0 Å². The highest BCUT2D eigenvalue weighted by atomic mass is 15.2. The molecule has 0 radical (unpaired) electrons. The van der Waals surface area contributed by atoms with Gasteiger partial charge in [0.2, 0.25) is 0 Å². The van der Waals surface area contributed by atoms with Crippen LogP contribution in [0.3, 0.4) is 0 Å². The summed E-state index contributed by atoms with van der Waals surface area (Å²) in [7, 11) is 0. The number of benzene rings is 2. The number of quaternary nitrogens is 1. The number of piperidine rings is 1. The zero-order valence-electron chi connectivity index (χ0n) is 12.8. The molecule has 0 bridgehead atoms. The van der Waals surface area contributed by atoms with E-state index in [9.17, 15) is 5.26 Å². The summed E-state index contributed by atoms with van der Waals surface area (Å²) in [5.41, 5.74) is 2.00. The fraction of sp³-hybridized carbons (Fsp3) is 0.316. The van der Waals surface area contributed by atoms with Gasteiger partial charge in [-0.15, -0.1) is 0 Å². The Bertz CT molecular complexity index is 623. The maximum Gasteiger partial charge on any atom is 0.136 e. The van der Waals surface area contributed by atoms with Crippen LogP contribution in [0, 0.1) is 11.3 Å². The number of rotatable bonds is 4. The molecule has 0 aliphatic carbocycles. The first kappa shape index (κ1) is 14.6. The largest absolute Gasteiger partial charge is 0.367 e. The van der Waals surface area contributed by atoms with Gasteiger partial charge in [0.1, 0.15) is 12.1 Å². The standard InChI is InChI=1S/C19H21N3/c20-16-19(21-18-9-5-2-6-10-18)11-13-22(14-12-19)15-17-7-3-1-4-8-17/h1-10,21H,11-15H2/p+1. The molecule has 3 rings (SSSR count). The zero-order valence-corrected chi connectivity index (χ0v) is 12.8. The summed E-state index contributed by atoms with van der Waals surface area (Å²) in [6.45, 7) is 3.11. The third-order valence-corrected chi connectivity index (χ3v) is 4.48. The molecule has 2 aromatic rings. The average Bonchev–Trinajstić information content (AvgIpc) is 2.59. The van der Waals surface area contributed by atoms with Crippen LogP contribution < -0.4 is 10.2 Å². The van der Waals surface area contributed by atoms with Crippen LogP contribution in [0.5, 0.6) is 0 Å². The van der Waals surface area contributed by atoms with E-state index in [-0.39, 0.29) is 0 Å². The summed E-state index contributed by atoms with van der Waals surface area (Å²) in [6, 6.07) is 23.2. The van der Waals surface area contributed by atoms with Gasteiger partial charge in [0.25, 0.3) is 0 Å². The molecule has 1 fully saturated rings. The van der Waals surface area contributed by atoms with Crippen LogP contribution in [0.25, 0.3) is 0 Å². The summed E-state index contributed by atoms with van der Waals surface area (Å²) in [5.74, 6) is 0. The highest BCUT2D eigenvalue weighted by molar-refractivity contribution is 5.47. The quantitative estimate of drug-likeness (QED) is 0.907. The monoisotopic (exact) mass is 292 g/mol. The summed E-state index contributed by atoms with van der Waals surface area (Å²) < 4.78 is 0. The average molecular weight is 292 g/mol. The Hall–Kier alpha value is -2.31. The molecule has 22 heavy (non-hydrogen) atoms. The number of nitriles is 1. The fourth-order valence-electron chi connectivity index (χ4n) is 3.15. The van der Waals surface area contributed by atoms with E-state index in [0.717, 1.165) is 38.2 Å². The first-order valence-electron chi connectivity index (χ1n) is 7.92. The lowest BCUT2D eigenvalue weighted by Gasteiger charge is -2.36. The first-order chi connectivity index (χ1) is 10.8. The number of nitrogens with zero attached hydrogens (tertiary/aromatic N) is 1. The van der Waals surface area contributed by atoms with Gasteiger partial charge in [-0.25, -0.2) is 0 Å². The predicted molar refractivity (Wildman–Crippen MR) is 88.5 cm³/mol. The summed E-state index contributed by atoms with van der Waals surface area (Å²) >= 11 is 0. The number of para-hydroxylation sites is 1. The summed E-state index contributed by atoms with van der Waals surface area (Å²) in [6.07, 6.45) is 1.78. The van der Waals surface area contributed by atoms with Crippen LogP contribution in [0.2, 0.25) is 0 Å². The summed E-state index contributed by atoms with van der Waals surface area (Å²) in [5, 5.41) is 13.1. The lowest BCUT2D eigenvalue weighted by molar-refractivity contribution is -0.919. The van der Waals surface area contributed by atoms with Crippen molar-refractivity contribution in [1.82, 2.24) is 0 Å². The molecule has 0 spiro atoms. The van der Waals surface area contributed by atoms with E-state index in [1.54, 1.807) is 4.90 Å². The Kier molecular flexibility index (Phi) is 4.41. The maximum absolute atomic E-state index is 9.66. The highest BCUT2D eigenvalue weighted by Crippen LogP contribution is 2.22. The minimum atomic E-state index is -0.415. The van der Waals surface area contributed by atoms with Crippen molar-refractivity contribution in [1.29, 1.82) is 5.26 Å². The molecule has 0 atom stereocenters. The van der Waals surface area contributed by atoms with Gasteiger partial charge in [-0.2, -0.15) is 5.26 Å². The van der Waals surface area contributed by atoms with Crippen molar-refractivity contribution in [3.8, 4) is 6.07 Å². The van der Waals surface area contributed by atoms with E-state index in [2.05, 4.69) is 41.7 Å². The first-order valence-corrected chi connectivity index (χ1v) is 7.92. The number of hydrogen-bond acceptors (Lipinski definition) is 2. The number of nitrogens with one attached hydrogen (secondary N) is 2. The number of hydrogen-bond donors (Lipinski definition) is 2. The van der Waals surface area contributed by atoms with Gasteiger partial charge in [-0.05, 0) is 12.1 Å². The Balaban J connectivity index is 1.60. The normalized spacial score (nSPS) is 24.4. The smallest absolute Gasteiger partial charge is 0.136 e. The van der Waals surface area contributed by atoms with Crippen molar-refractivity contribution in [3.63, 3.8) is 0 Å². The van der Waals surface area contributed by atoms with E-state index in [4.69, 9.17) is 0 Å². The van der Waals surface area contributed by atoms with E-state index in [1.807, 2.05) is 30.3 Å². The Morgan fingerprint density at radius 3 is 2.14 bits per heavy atom. The van der Waals surface area contributed by atoms with Gasteiger partial charge in [-0.3, -0.25) is 0 Å². The van der Waals surface area contributed by atoms with Crippen LogP contribution >= 0.6 is 0 Å². The molecule has 2 aromatic carbocycles. The summed E-state index contributed by atoms with van der Waals surface area (Å²) in [4.78, 5) is 1.56. The highest BCUT2D eigenvalue weighted by Gasteiger charge is 2.36. The molecular formula is C19H22N3+. The van der Waals surface area contributed by atoms with Crippen LogP contribution in [0.15, 0.2) is 60.7 Å². The maximum atomic E-state index is 9.66. The lowest BCUT2D eigenvalue weighted by atomic mass is 9.88. The fourth-order valence-corrected chi connectivity index (χ4v) is 3.15. The Morgan fingerprint density at radius 2 is 1.55 bits per heavy atom. The molecule has 112 valence electrons. The lowest BCUT2D eigenvalue weighted by Crippen LogP contribution is -3.12. The second-order valence-corrected chi connectivity index (χ2v) is 6.10. The van der Waals surface area contributed by atoms with Gasteiger partial charge in [0.15, 0.2) is 0 Å². The van der Waals surface area contributed by atoms with Crippen LogP contribution in [-0.2, 0) is 6.54 Å². The van der Waals surface area contributed by atoms with Crippen LogP contribution in [-0.4, -0.2) is 18.6 Å². The molecular weight excluding hydrogens is 270 g/mol. The SMILES string of the molecule is N#CC1(Nc2ccccc2)CC[NH+](Cc2ccccc2)CC1. The van der Waals surface area contributed by atoms with E-state index in [1.165, 1.54) is 5.56 Å². The van der Waals surface area contributed by atoms with Gasteiger partial charge < -0.3 is 10.2 Å². The van der Waals surface area contributed by atoms with Gasteiger partial charge in [0, 0.05) is 24.1 Å². The molecule has 3 heteroatoms. The molecule has 0 unspecified atom stereocenters. The topological polar surface area (TPSA) is 40.3 Å². The third-order valence-electron chi connectivity index (χ3n) is 4.48. The molecule has 0 amide bonds. The minimum Gasteiger partial charge on any atom is -0.367 e. The van der Waals surface area contributed by atoms with E-state index >= 15 is 0 Å². The number of likely N-dealkylation sites (tertiary alicyclic amines) is 1. The Morgan fingerprint density at radius 1 is 0.955 bits per heavy atom. The van der Waals surface area contributed by atoms with Gasteiger partial charge >= 0.3 is 0 Å². The molecule has 1 heterocycles. The molecule has 0 saturated carbocycles. The molecule has 3 nitrogen and oxygen atoms in total. The van der Waals surface area contributed by atoms with Crippen molar-refractivity contribution in [2.75, 3.05) is 18.4 Å². The van der Waals surface area contributed by atoms with Crippen LogP contribution in [0.4, 0.5) is 5.69 Å². The van der Waals surface area contributed by atoms with Gasteiger partial charge in [0.05, 0.1) is 19.2 Å². The molecule has 1 aliphatic heterocycles. The predicted octanol–water partition coefficient (Wildman–Crippen LogP) is 2.24. The molecule has 1 saturated heterocycles. The third kappa shape index (κ3) is 3.47. The van der Waals surface area contributed by atoms with Gasteiger partial charge in [-0.1, -0.05) is 48.5 Å². The Labute approximate surface area is 132 Å². The second kappa shape index (κ2) is 6.64. The van der Waals surface area contributed by atoms with Crippen LogP contribution in [0.1, 0.15) is 18.4 Å². The van der Waals surface area contributed by atoms with Crippen molar-refractivity contribution in [2.45, 2.75) is 24.9 Å². The van der Waals surface area contributed by atoms with Crippen molar-refractivity contribution < 1.29 is 4.90 Å². The van der Waals surface area contributed by atoms with Crippen molar-refractivity contribution >= 4 is 5.69 Å². The molecule has 0 aromatic heterocycles. The number of anilines is 1. The van der Waals surface area contributed by atoms with Crippen molar-refractivity contribution in [3.05, 3.63) is 66.2 Å². The molecule has 1 aliphatic rings. The van der Waals surface area contributed by atoms with E-state index < -0.39 is 5.54 Å².